The van der Waals surface area contributed by atoms with Gasteiger partial charge in [-0.1, -0.05) is 42.5 Å². The molecule has 1 aromatic rings. The van der Waals surface area contributed by atoms with E-state index in [1.54, 1.807) is 6.08 Å². The Hall–Kier alpha value is -2.07. The third-order valence-corrected chi connectivity index (χ3v) is 2.99. The first-order valence-corrected chi connectivity index (χ1v) is 5.97. The van der Waals surface area contributed by atoms with E-state index in [-0.39, 0.29) is 23.9 Å². The molecule has 0 atom stereocenters. The number of hydrogen-bond acceptors (Lipinski definition) is 3. The highest BCUT2D eigenvalue weighted by Gasteiger charge is 2.39. The Bertz CT molecular complexity index is 589. The van der Waals surface area contributed by atoms with Crippen LogP contribution in [0.25, 0.3) is 6.08 Å². The number of carbonyl (C=O) groups excluding carboxylic acids is 1. The van der Waals surface area contributed by atoms with E-state index in [4.69, 9.17) is 15.9 Å². The molecule has 0 fully saturated rings. The van der Waals surface area contributed by atoms with Gasteiger partial charge in [0.1, 0.15) is 11.2 Å². The largest absolute Gasteiger partial charge is 0.467 e. The van der Waals surface area contributed by atoms with Crippen molar-refractivity contribution in [3.05, 3.63) is 53.1 Å². The van der Waals surface area contributed by atoms with Crippen LogP contribution in [0.4, 0.5) is 0 Å². The molecule has 0 unspecified atom stereocenters. The van der Waals surface area contributed by atoms with E-state index < -0.39 is 11.5 Å². The zero-order chi connectivity index (χ0) is 14.0. The molecule has 3 N–H and O–H groups in total. The van der Waals surface area contributed by atoms with Crippen molar-refractivity contribution < 1.29 is 9.53 Å². The van der Waals surface area contributed by atoms with Crippen LogP contribution in [0.3, 0.4) is 0 Å². The lowest BCUT2D eigenvalue weighted by Gasteiger charge is -2.19. The van der Waals surface area contributed by atoms with Crippen molar-refractivity contribution in [1.82, 2.24) is 0 Å². The van der Waals surface area contributed by atoms with Crippen LogP contribution in [0.15, 0.2) is 47.6 Å². The van der Waals surface area contributed by atoms with Crippen LogP contribution >= 0.6 is 12.4 Å². The third-order valence-electron chi connectivity index (χ3n) is 2.99. The number of hydrogen-bond donors (Lipinski definition) is 2. The maximum atomic E-state index is 11.4. The molecule has 1 aliphatic rings. The summed E-state index contributed by atoms with van der Waals surface area (Å²) >= 11 is 0. The van der Waals surface area contributed by atoms with Crippen LogP contribution in [0, 0.1) is 5.41 Å². The molecule has 1 amide bonds. The summed E-state index contributed by atoms with van der Waals surface area (Å²) in [6.45, 7) is 3.62. The Morgan fingerprint density at radius 2 is 1.85 bits per heavy atom. The van der Waals surface area contributed by atoms with Crippen molar-refractivity contribution in [3.63, 3.8) is 0 Å². The average Bonchev–Trinajstić information content (AvgIpc) is 2.57. The van der Waals surface area contributed by atoms with Crippen LogP contribution in [0.1, 0.15) is 19.4 Å². The van der Waals surface area contributed by atoms with Crippen LogP contribution in [0.2, 0.25) is 0 Å². The Morgan fingerprint density at radius 3 is 2.40 bits per heavy atom. The van der Waals surface area contributed by atoms with E-state index >= 15 is 0 Å². The molecule has 1 aromatic carbocycles. The molecule has 0 radical (unpaired) electrons. The summed E-state index contributed by atoms with van der Waals surface area (Å²) in [5.41, 5.74) is 6.39. The molecule has 4 nitrogen and oxygen atoms in total. The summed E-state index contributed by atoms with van der Waals surface area (Å²) in [5, 5.41) is 7.69. The molecule has 0 spiro atoms. The second-order valence-corrected chi connectivity index (χ2v) is 4.84. The van der Waals surface area contributed by atoms with Gasteiger partial charge in [0.05, 0.1) is 0 Å². The highest BCUT2D eigenvalue weighted by atomic mass is 35.5. The fourth-order valence-electron chi connectivity index (χ4n) is 2.06. The van der Waals surface area contributed by atoms with Crippen LogP contribution < -0.4 is 5.73 Å². The number of halogens is 1. The van der Waals surface area contributed by atoms with Crippen LogP contribution in [-0.2, 0) is 9.53 Å². The number of benzene rings is 1. The normalized spacial score (nSPS) is 17.0. The third kappa shape index (κ3) is 3.08. The Balaban J connectivity index is 0.00000200. The minimum atomic E-state index is -0.716. The molecule has 0 aliphatic carbocycles. The summed E-state index contributed by atoms with van der Waals surface area (Å²) in [6.07, 6.45) is 3.67. The van der Waals surface area contributed by atoms with Gasteiger partial charge in [0.2, 0.25) is 5.90 Å². The topological polar surface area (TPSA) is 76.2 Å². The Kier molecular flexibility index (Phi) is 4.73. The molecule has 5 heteroatoms. The molecule has 0 saturated heterocycles. The monoisotopic (exact) mass is 292 g/mol. The second kappa shape index (κ2) is 5.92. The van der Waals surface area contributed by atoms with Gasteiger partial charge in [0.15, 0.2) is 0 Å². The number of nitrogens with two attached hydrogens (primary N) is 1. The van der Waals surface area contributed by atoms with E-state index in [0.717, 1.165) is 5.56 Å². The van der Waals surface area contributed by atoms with Gasteiger partial charge in [0, 0.05) is 5.57 Å². The van der Waals surface area contributed by atoms with Gasteiger partial charge in [-0.15, -0.1) is 12.4 Å². The molecule has 106 valence electrons. The number of primary amides is 1. The van der Waals surface area contributed by atoms with Crippen molar-refractivity contribution >= 4 is 30.3 Å². The van der Waals surface area contributed by atoms with E-state index in [0.29, 0.717) is 5.57 Å². The smallest absolute Gasteiger partial charge is 0.254 e. The molecule has 0 aromatic heterocycles. The summed E-state index contributed by atoms with van der Waals surface area (Å²) in [6, 6.07) is 9.71. The quantitative estimate of drug-likeness (QED) is 0.898. The van der Waals surface area contributed by atoms with Gasteiger partial charge < -0.3 is 10.5 Å². The molecule has 1 aliphatic heterocycles. The SMILES string of the molecule is CC1(C)OC(=N)C(C(N)=O)=C1C=Cc1ccccc1.Cl. The lowest BCUT2D eigenvalue weighted by Crippen LogP contribution is -2.22. The van der Waals surface area contributed by atoms with Gasteiger partial charge in [0.25, 0.3) is 5.91 Å². The maximum Gasteiger partial charge on any atom is 0.254 e. The summed E-state index contributed by atoms with van der Waals surface area (Å²) < 4.78 is 5.38. The predicted octanol–water partition coefficient (Wildman–Crippen LogP) is 2.69. The number of amides is 1. The van der Waals surface area contributed by atoms with Crippen molar-refractivity contribution in [1.29, 1.82) is 5.41 Å². The first-order valence-electron chi connectivity index (χ1n) is 5.97. The van der Waals surface area contributed by atoms with Crippen molar-refractivity contribution in [3.8, 4) is 0 Å². The standard InChI is InChI=1S/C15H16N2O2.ClH/c1-15(2)11(12(13(16)18)14(17)19-15)9-8-10-6-4-3-5-7-10;/h3-9,17H,1-2H3,(H2,16,18);1H. The number of rotatable bonds is 3. The fourth-order valence-corrected chi connectivity index (χ4v) is 2.06. The molecule has 2 rings (SSSR count). The number of ether oxygens (including phenoxy) is 1. The second-order valence-electron chi connectivity index (χ2n) is 4.84. The first-order chi connectivity index (χ1) is 8.92. The minimum Gasteiger partial charge on any atom is -0.467 e. The first kappa shape index (κ1) is 16.0. The molecule has 0 saturated carbocycles. The zero-order valence-electron chi connectivity index (χ0n) is 11.3. The Morgan fingerprint density at radius 1 is 1.25 bits per heavy atom. The van der Waals surface area contributed by atoms with Crippen molar-refractivity contribution in [2.75, 3.05) is 0 Å². The molecular formula is C15H17ClN2O2. The van der Waals surface area contributed by atoms with Gasteiger partial charge in [-0.2, -0.15) is 0 Å². The van der Waals surface area contributed by atoms with E-state index in [2.05, 4.69) is 0 Å². The average molecular weight is 293 g/mol. The number of carbonyl (C=O) groups is 1. The minimum absolute atomic E-state index is 0. The molecule has 0 bridgehead atoms. The molecule has 1 heterocycles. The number of nitrogens with one attached hydrogen (secondary N) is 1. The lowest BCUT2D eigenvalue weighted by molar-refractivity contribution is -0.114. The highest BCUT2D eigenvalue weighted by Crippen LogP contribution is 2.33. The van der Waals surface area contributed by atoms with E-state index in [1.807, 2.05) is 50.3 Å². The van der Waals surface area contributed by atoms with Crippen molar-refractivity contribution in [2.45, 2.75) is 19.4 Å². The van der Waals surface area contributed by atoms with Gasteiger partial charge >= 0.3 is 0 Å². The highest BCUT2D eigenvalue weighted by molar-refractivity contribution is 6.19. The predicted molar refractivity (Wildman–Crippen MR) is 81.8 cm³/mol. The van der Waals surface area contributed by atoms with E-state index in [9.17, 15) is 4.79 Å². The lowest BCUT2D eigenvalue weighted by atomic mass is 9.94. The maximum absolute atomic E-state index is 11.4. The Labute approximate surface area is 124 Å². The van der Waals surface area contributed by atoms with Gasteiger partial charge in [-0.3, -0.25) is 10.2 Å². The van der Waals surface area contributed by atoms with E-state index in [1.165, 1.54) is 0 Å². The van der Waals surface area contributed by atoms with Crippen LogP contribution in [-0.4, -0.2) is 17.4 Å². The zero-order valence-corrected chi connectivity index (χ0v) is 12.2. The van der Waals surface area contributed by atoms with Gasteiger partial charge in [-0.25, -0.2) is 0 Å². The molecular weight excluding hydrogens is 276 g/mol. The van der Waals surface area contributed by atoms with Crippen molar-refractivity contribution in [2.24, 2.45) is 5.73 Å². The summed E-state index contributed by atoms with van der Waals surface area (Å²) in [4.78, 5) is 11.4. The summed E-state index contributed by atoms with van der Waals surface area (Å²) in [5.74, 6) is -0.798. The molecule has 20 heavy (non-hydrogen) atoms. The summed E-state index contributed by atoms with van der Waals surface area (Å²) in [7, 11) is 0. The van der Waals surface area contributed by atoms with Gasteiger partial charge in [-0.05, 0) is 19.4 Å². The van der Waals surface area contributed by atoms with Crippen LogP contribution in [0.5, 0.6) is 0 Å². The fraction of sp³-hybridized carbons (Fsp3) is 0.200.